The molecular formula is C18H22N4O2S2. The number of benzene rings is 1. The second-order valence-corrected chi connectivity index (χ2v) is 9.53. The van der Waals surface area contributed by atoms with Gasteiger partial charge in [-0.05, 0) is 26.3 Å². The maximum atomic E-state index is 11.6. The molecule has 0 fully saturated rings. The Morgan fingerprint density at radius 2 is 1.85 bits per heavy atom. The van der Waals surface area contributed by atoms with Crippen molar-refractivity contribution >= 4 is 37.4 Å². The molecule has 0 amide bonds. The van der Waals surface area contributed by atoms with Gasteiger partial charge in [0.15, 0.2) is 0 Å². The van der Waals surface area contributed by atoms with E-state index in [9.17, 15) is 8.42 Å². The van der Waals surface area contributed by atoms with Gasteiger partial charge in [-0.15, -0.1) is 11.3 Å². The van der Waals surface area contributed by atoms with Crippen molar-refractivity contribution in [1.82, 2.24) is 14.7 Å². The number of hydrogen-bond donors (Lipinski definition) is 2. The van der Waals surface area contributed by atoms with Crippen molar-refractivity contribution in [3.63, 3.8) is 0 Å². The van der Waals surface area contributed by atoms with Crippen LogP contribution >= 0.6 is 11.3 Å². The predicted molar refractivity (Wildman–Crippen MR) is 108 cm³/mol. The van der Waals surface area contributed by atoms with E-state index in [2.05, 4.69) is 37.5 Å². The first-order valence-corrected chi connectivity index (χ1v) is 11.0. The third-order valence-corrected chi connectivity index (χ3v) is 5.59. The minimum atomic E-state index is -3.30. The highest BCUT2D eigenvalue weighted by Crippen LogP contribution is 2.36. The number of thiophene rings is 1. The van der Waals surface area contributed by atoms with Crippen molar-refractivity contribution in [3.8, 4) is 11.1 Å². The summed E-state index contributed by atoms with van der Waals surface area (Å²) in [5, 5.41) is 6.36. The zero-order valence-electron chi connectivity index (χ0n) is 15.2. The lowest BCUT2D eigenvalue weighted by molar-refractivity contribution is 0.476. The fourth-order valence-corrected chi connectivity index (χ4v) is 4.92. The molecule has 0 aliphatic rings. The zero-order chi connectivity index (χ0) is 18.9. The molecule has 26 heavy (non-hydrogen) atoms. The Labute approximate surface area is 157 Å². The summed E-state index contributed by atoms with van der Waals surface area (Å²) in [6.07, 6.45) is 1.16. The third-order valence-electron chi connectivity index (χ3n) is 3.79. The van der Waals surface area contributed by atoms with E-state index >= 15 is 0 Å². The number of hydrogen-bond acceptors (Lipinski definition) is 6. The molecule has 0 saturated carbocycles. The summed E-state index contributed by atoms with van der Waals surface area (Å²) in [7, 11) is -3.30. The molecule has 0 unspecified atom stereocenters. The summed E-state index contributed by atoms with van der Waals surface area (Å²) in [4.78, 5) is 10.0. The Morgan fingerprint density at radius 1 is 1.15 bits per heavy atom. The molecule has 3 rings (SSSR count). The molecule has 0 aliphatic carbocycles. The lowest BCUT2D eigenvalue weighted by Gasteiger charge is -2.25. The Kier molecular flexibility index (Phi) is 5.01. The fourth-order valence-electron chi connectivity index (χ4n) is 2.85. The van der Waals surface area contributed by atoms with Crippen LogP contribution in [0.4, 0.5) is 5.82 Å². The van der Waals surface area contributed by atoms with Gasteiger partial charge in [0.2, 0.25) is 10.0 Å². The van der Waals surface area contributed by atoms with Crippen molar-refractivity contribution in [2.24, 2.45) is 0 Å². The number of anilines is 1. The van der Waals surface area contributed by atoms with E-state index in [1.807, 2.05) is 39.0 Å². The van der Waals surface area contributed by atoms with Gasteiger partial charge in [0.1, 0.15) is 16.5 Å². The summed E-state index contributed by atoms with van der Waals surface area (Å²) in [5.74, 6) is 1.39. The quantitative estimate of drug-likeness (QED) is 0.674. The van der Waals surface area contributed by atoms with Crippen molar-refractivity contribution in [1.29, 1.82) is 0 Å². The van der Waals surface area contributed by atoms with E-state index in [0.29, 0.717) is 12.4 Å². The second kappa shape index (κ2) is 6.94. The smallest absolute Gasteiger partial charge is 0.209 e. The molecule has 138 valence electrons. The van der Waals surface area contributed by atoms with Gasteiger partial charge in [-0.3, -0.25) is 0 Å². The summed E-state index contributed by atoms with van der Waals surface area (Å²) in [6.45, 7) is 5.91. The van der Waals surface area contributed by atoms with Crippen molar-refractivity contribution in [3.05, 3.63) is 41.5 Å². The number of fused-ring (bicyclic) bond motifs is 1. The second-order valence-electron chi connectivity index (χ2n) is 6.93. The van der Waals surface area contributed by atoms with Gasteiger partial charge in [-0.1, -0.05) is 30.3 Å². The van der Waals surface area contributed by atoms with Crippen LogP contribution in [0.3, 0.4) is 0 Å². The van der Waals surface area contributed by atoms with Crippen LogP contribution in [-0.2, 0) is 10.0 Å². The molecule has 0 bridgehead atoms. The number of aromatic nitrogens is 2. The predicted octanol–water partition coefficient (Wildman–Crippen LogP) is 3.41. The SMILES string of the molecule is Cc1nc(NCC(C)(C)NS(C)(=O)=O)c2c(-c3ccccc3)csc2n1. The largest absolute Gasteiger partial charge is 0.368 e. The first-order chi connectivity index (χ1) is 12.1. The van der Waals surface area contributed by atoms with Crippen molar-refractivity contribution < 1.29 is 8.42 Å². The average Bonchev–Trinajstić information content (AvgIpc) is 2.95. The molecule has 2 heterocycles. The van der Waals surface area contributed by atoms with E-state index < -0.39 is 15.6 Å². The summed E-state index contributed by atoms with van der Waals surface area (Å²) in [6, 6.07) is 10.1. The molecule has 0 saturated heterocycles. The number of sulfonamides is 1. The molecule has 3 aromatic rings. The van der Waals surface area contributed by atoms with Crippen LogP contribution in [0.1, 0.15) is 19.7 Å². The minimum Gasteiger partial charge on any atom is -0.368 e. The van der Waals surface area contributed by atoms with Gasteiger partial charge in [-0.25, -0.2) is 23.1 Å². The lowest BCUT2D eigenvalue weighted by atomic mass is 10.1. The Bertz CT molecular complexity index is 1030. The van der Waals surface area contributed by atoms with Crippen LogP contribution in [0, 0.1) is 6.92 Å². The van der Waals surface area contributed by atoms with Crippen LogP contribution in [0.25, 0.3) is 21.3 Å². The molecular weight excluding hydrogens is 368 g/mol. The van der Waals surface area contributed by atoms with E-state index in [1.54, 1.807) is 11.3 Å². The number of rotatable bonds is 6. The third kappa shape index (κ3) is 4.38. The standard InChI is InChI=1S/C18H22N4O2S2/c1-12-20-16(19-11-18(2,3)22-26(4,23)24)15-14(10-25-17(15)21-12)13-8-6-5-7-9-13/h5-10,22H,11H2,1-4H3,(H,19,20,21). The maximum Gasteiger partial charge on any atom is 0.209 e. The Balaban J connectivity index is 1.99. The molecule has 0 atom stereocenters. The van der Waals surface area contributed by atoms with Gasteiger partial charge < -0.3 is 5.32 Å². The van der Waals surface area contributed by atoms with Crippen LogP contribution in [0.15, 0.2) is 35.7 Å². The average molecular weight is 391 g/mol. The van der Waals surface area contributed by atoms with Crippen LogP contribution in [0.5, 0.6) is 0 Å². The molecule has 1 aromatic carbocycles. The van der Waals surface area contributed by atoms with E-state index in [4.69, 9.17) is 0 Å². The molecule has 2 N–H and O–H groups in total. The molecule has 0 radical (unpaired) electrons. The summed E-state index contributed by atoms with van der Waals surface area (Å²) < 4.78 is 25.8. The van der Waals surface area contributed by atoms with Crippen LogP contribution in [0.2, 0.25) is 0 Å². The highest BCUT2D eigenvalue weighted by molar-refractivity contribution is 7.88. The Morgan fingerprint density at radius 3 is 2.50 bits per heavy atom. The number of nitrogens with zero attached hydrogens (tertiary/aromatic N) is 2. The lowest BCUT2D eigenvalue weighted by Crippen LogP contribution is -2.47. The van der Waals surface area contributed by atoms with Crippen LogP contribution < -0.4 is 10.0 Å². The van der Waals surface area contributed by atoms with Crippen molar-refractivity contribution in [2.45, 2.75) is 26.3 Å². The highest BCUT2D eigenvalue weighted by atomic mass is 32.2. The Hall–Kier alpha value is -2.03. The molecule has 0 spiro atoms. The van der Waals surface area contributed by atoms with Gasteiger partial charge in [-0.2, -0.15) is 0 Å². The van der Waals surface area contributed by atoms with Crippen molar-refractivity contribution in [2.75, 3.05) is 18.1 Å². The van der Waals surface area contributed by atoms with E-state index in [0.717, 1.165) is 33.4 Å². The zero-order valence-corrected chi connectivity index (χ0v) is 16.8. The van der Waals surface area contributed by atoms with E-state index in [1.165, 1.54) is 0 Å². The molecule has 2 aromatic heterocycles. The van der Waals surface area contributed by atoms with Gasteiger partial charge in [0.05, 0.1) is 11.6 Å². The molecule has 0 aliphatic heterocycles. The normalized spacial score (nSPS) is 12.5. The monoisotopic (exact) mass is 390 g/mol. The maximum absolute atomic E-state index is 11.6. The number of aryl methyl sites for hydroxylation is 1. The van der Waals surface area contributed by atoms with Gasteiger partial charge >= 0.3 is 0 Å². The van der Waals surface area contributed by atoms with Gasteiger partial charge in [0, 0.05) is 23.0 Å². The van der Waals surface area contributed by atoms with E-state index in [-0.39, 0.29) is 0 Å². The topological polar surface area (TPSA) is 84.0 Å². The first-order valence-electron chi connectivity index (χ1n) is 8.19. The van der Waals surface area contributed by atoms with Crippen LogP contribution in [-0.4, -0.2) is 36.7 Å². The van der Waals surface area contributed by atoms with Gasteiger partial charge in [0.25, 0.3) is 0 Å². The number of nitrogens with one attached hydrogen (secondary N) is 2. The highest BCUT2D eigenvalue weighted by Gasteiger charge is 2.23. The minimum absolute atomic E-state index is 0.399. The molecule has 8 heteroatoms. The summed E-state index contributed by atoms with van der Waals surface area (Å²) in [5.41, 5.74) is 1.52. The first kappa shape index (κ1) is 18.8. The summed E-state index contributed by atoms with van der Waals surface area (Å²) >= 11 is 1.58. The molecule has 6 nitrogen and oxygen atoms in total. The fraction of sp³-hybridized carbons (Fsp3) is 0.333.